The van der Waals surface area contributed by atoms with Gasteiger partial charge in [0.15, 0.2) is 0 Å². The second kappa shape index (κ2) is 3.52. The van der Waals surface area contributed by atoms with Gasteiger partial charge in [0.25, 0.3) is 0 Å². The molecule has 0 aliphatic carbocycles. The van der Waals surface area contributed by atoms with Crippen LogP contribution < -0.4 is 0 Å². The number of hydrogen-bond donors (Lipinski definition) is 0. The van der Waals surface area contributed by atoms with E-state index in [0.717, 1.165) is 39.3 Å². The molecular weight excluding hydrogens is 144 g/mol. The predicted molar refractivity (Wildman–Crippen MR) is 39.5 cm³/mol. The van der Waals surface area contributed by atoms with Gasteiger partial charge in [0.05, 0.1) is 25.9 Å². The molecule has 64 valence electrons. The van der Waals surface area contributed by atoms with Crippen molar-refractivity contribution in [1.29, 1.82) is 0 Å². The zero-order chi connectivity index (χ0) is 7.52. The van der Waals surface area contributed by atoms with Crippen LogP contribution in [-0.2, 0) is 14.2 Å². The molecule has 2 aliphatic rings. The number of rotatable bonds is 6. The fourth-order valence-corrected chi connectivity index (χ4v) is 1.03. The average Bonchev–Trinajstić information content (AvgIpc) is 2.83. The number of hydrogen-bond acceptors (Lipinski definition) is 3. The quantitative estimate of drug-likeness (QED) is 0.419. The van der Waals surface area contributed by atoms with E-state index in [0.29, 0.717) is 12.2 Å². The van der Waals surface area contributed by atoms with Crippen molar-refractivity contribution >= 4 is 0 Å². The molecule has 2 saturated heterocycles. The highest BCUT2D eigenvalue weighted by atomic mass is 16.6. The Morgan fingerprint density at radius 2 is 1.91 bits per heavy atom. The fourth-order valence-electron chi connectivity index (χ4n) is 1.03. The lowest BCUT2D eigenvalue weighted by atomic mass is 10.3. The van der Waals surface area contributed by atoms with Crippen LogP contribution in [0, 0.1) is 0 Å². The molecule has 0 bridgehead atoms. The van der Waals surface area contributed by atoms with Gasteiger partial charge in [0.1, 0.15) is 6.10 Å². The van der Waals surface area contributed by atoms with Crippen LogP contribution in [-0.4, -0.2) is 38.6 Å². The topological polar surface area (TPSA) is 34.3 Å². The summed E-state index contributed by atoms with van der Waals surface area (Å²) < 4.78 is 15.4. The maximum absolute atomic E-state index is 5.36. The number of ether oxygens (including phenoxy) is 3. The Morgan fingerprint density at radius 1 is 1.18 bits per heavy atom. The summed E-state index contributed by atoms with van der Waals surface area (Å²) in [5, 5.41) is 0. The molecule has 0 spiro atoms. The van der Waals surface area contributed by atoms with E-state index in [4.69, 9.17) is 14.2 Å². The van der Waals surface area contributed by atoms with Gasteiger partial charge in [0, 0.05) is 6.61 Å². The van der Waals surface area contributed by atoms with E-state index in [-0.39, 0.29) is 0 Å². The molecule has 0 N–H and O–H groups in total. The van der Waals surface area contributed by atoms with Gasteiger partial charge in [-0.1, -0.05) is 0 Å². The first-order chi connectivity index (χ1) is 5.45. The minimum absolute atomic E-state index is 0.409. The summed E-state index contributed by atoms with van der Waals surface area (Å²) in [6, 6.07) is 0. The highest BCUT2D eigenvalue weighted by molar-refractivity contribution is 4.69. The van der Waals surface area contributed by atoms with Gasteiger partial charge in [0.2, 0.25) is 0 Å². The molecule has 2 heterocycles. The molecule has 2 atom stereocenters. The number of epoxide rings is 2. The van der Waals surface area contributed by atoms with Crippen molar-refractivity contribution in [3.05, 3.63) is 0 Å². The second-order valence-electron chi connectivity index (χ2n) is 3.13. The van der Waals surface area contributed by atoms with Crippen LogP contribution in [0.1, 0.15) is 12.8 Å². The molecule has 0 radical (unpaired) electrons. The van der Waals surface area contributed by atoms with E-state index in [2.05, 4.69) is 0 Å². The molecule has 0 aromatic carbocycles. The SMILES string of the molecule is C(COCC1CO1)CC1CO1. The maximum atomic E-state index is 5.36. The van der Waals surface area contributed by atoms with E-state index in [9.17, 15) is 0 Å². The molecule has 2 aliphatic heterocycles. The zero-order valence-corrected chi connectivity index (χ0v) is 6.62. The maximum Gasteiger partial charge on any atom is 0.104 e. The van der Waals surface area contributed by atoms with Gasteiger partial charge in [-0.2, -0.15) is 0 Å². The van der Waals surface area contributed by atoms with Crippen LogP contribution in [0.25, 0.3) is 0 Å². The summed E-state index contributed by atoms with van der Waals surface area (Å²) in [5.74, 6) is 0. The second-order valence-corrected chi connectivity index (χ2v) is 3.13. The Labute approximate surface area is 66.6 Å². The lowest BCUT2D eigenvalue weighted by Crippen LogP contribution is -2.03. The standard InChI is InChI=1S/C8H14O3/c1(2-7-5-10-7)3-9-4-8-6-11-8/h7-8H,1-6H2. The van der Waals surface area contributed by atoms with Crippen LogP contribution in [0.4, 0.5) is 0 Å². The normalized spacial score (nSPS) is 33.8. The van der Waals surface area contributed by atoms with Crippen LogP contribution in [0.15, 0.2) is 0 Å². The van der Waals surface area contributed by atoms with Gasteiger partial charge in [-0.15, -0.1) is 0 Å². The van der Waals surface area contributed by atoms with Gasteiger partial charge in [-0.05, 0) is 12.8 Å². The highest BCUT2D eigenvalue weighted by Gasteiger charge is 2.23. The van der Waals surface area contributed by atoms with Gasteiger partial charge >= 0.3 is 0 Å². The zero-order valence-electron chi connectivity index (χ0n) is 6.62. The van der Waals surface area contributed by atoms with E-state index < -0.39 is 0 Å². The van der Waals surface area contributed by atoms with Crippen LogP contribution in [0.2, 0.25) is 0 Å². The third-order valence-corrected chi connectivity index (χ3v) is 1.92. The summed E-state index contributed by atoms with van der Waals surface area (Å²) in [7, 11) is 0. The van der Waals surface area contributed by atoms with Crippen molar-refractivity contribution in [2.45, 2.75) is 25.0 Å². The van der Waals surface area contributed by atoms with Gasteiger partial charge in [-0.3, -0.25) is 0 Å². The molecular formula is C8H14O3. The largest absolute Gasteiger partial charge is 0.379 e. The van der Waals surface area contributed by atoms with Crippen molar-refractivity contribution in [2.75, 3.05) is 26.4 Å². The third-order valence-electron chi connectivity index (χ3n) is 1.92. The molecule has 11 heavy (non-hydrogen) atoms. The fraction of sp³-hybridized carbons (Fsp3) is 1.00. The minimum Gasteiger partial charge on any atom is -0.379 e. The van der Waals surface area contributed by atoms with Crippen molar-refractivity contribution in [3.8, 4) is 0 Å². The lowest BCUT2D eigenvalue weighted by molar-refractivity contribution is 0.112. The molecule has 2 fully saturated rings. The monoisotopic (exact) mass is 158 g/mol. The smallest absolute Gasteiger partial charge is 0.104 e. The Hall–Kier alpha value is -0.120. The molecule has 0 aromatic heterocycles. The molecule has 3 heteroatoms. The molecule has 0 saturated carbocycles. The average molecular weight is 158 g/mol. The lowest BCUT2D eigenvalue weighted by Gasteiger charge is -1.99. The van der Waals surface area contributed by atoms with Crippen molar-refractivity contribution < 1.29 is 14.2 Å². The predicted octanol–water partition coefficient (Wildman–Crippen LogP) is 0.581. The van der Waals surface area contributed by atoms with Crippen LogP contribution in [0.5, 0.6) is 0 Å². The first-order valence-electron chi connectivity index (χ1n) is 4.26. The van der Waals surface area contributed by atoms with Crippen molar-refractivity contribution in [1.82, 2.24) is 0 Å². The van der Waals surface area contributed by atoms with E-state index >= 15 is 0 Å². The first kappa shape index (κ1) is 7.53. The van der Waals surface area contributed by atoms with Crippen molar-refractivity contribution in [3.63, 3.8) is 0 Å². The van der Waals surface area contributed by atoms with Crippen LogP contribution >= 0.6 is 0 Å². The summed E-state index contributed by atoms with van der Waals surface area (Å²) >= 11 is 0. The summed E-state index contributed by atoms with van der Waals surface area (Å²) in [5.41, 5.74) is 0. The molecule has 3 nitrogen and oxygen atoms in total. The van der Waals surface area contributed by atoms with E-state index in [1.54, 1.807) is 0 Å². The Bertz CT molecular complexity index is 105. The Kier molecular flexibility index (Phi) is 2.41. The van der Waals surface area contributed by atoms with E-state index in [1.807, 2.05) is 0 Å². The molecule has 2 unspecified atom stereocenters. The Morgan fingerprint density at radius 3 is 2.55 bits per heavy atom. The molecule has 0 amide bonds. The minimum atomic E-state index is 0.409. The molecule has 2 rings (SSSR count). The summed E-state index contributed by atoms with van der Waals surface area (Å²) in [6.45, 7) is 3.50. The third kappa shape index (κ3) is 3.18. The molecule has 0 aromatic rings. The van der Waals surface area contributed by atoms with Gasteiger partial charge < -0.3 is 14.2 Å². The summed E-state index contributed by atoms with van der Waals surface area (Å²) in [4.78, 5) is 0. The first-order valence-corrected chi connectivity index (χ1v) is 4.26. The summed E-state index contributed by atoms with van der Waals surface area (Å²) in [6.07, 6.45) is 3.24. The van der Waals surface area contributed by atoms with Crippen molar-refractivity contribution in [2.24, 2.45) is 0 Å². The highest BCUT2D eigenvalue weighted by Crippen LogP contribution is 2.15. The Balaban J connectivity index is 1.35. The van der Waals surface area contributed by atoms with Crippen LogP contribution in [0.3, 0.4) is 0 Å². The van der Waals surface area contributed by atoms with E-state index in [1.165, 1.54) is 0 Å². The van der Waals surface area contributed by atoms with Gasteiger partial charge in [-0.25, -0.2) is 0 Å².